The molecule has 4 aromatic carbocycles. The summed E-state index contributed by atoms with van der Waals surface area (Å²) in [5.74, 6) is 0. The number of rotatable bonds is 4. The number of hydrogen-bond donors (Lipinski definition) is 0. The first-order valence-corrected chi connectivity index (χ1v) is 16.8. The molecule has 0 fully saturated rings. The maximum absolute atomic E-state index is 3.53. The SMILES string of the molecule is CC(C)(C)c1c[c-]c2c(c1)-c1cc(C(C)(C)C)ccc1C2.[C-]1=CC=CC1.[Cl-].[Cl-].[Hf+2]=[C](Cc1ccccc1)Cc1ccccc1. The third-order valence-electron chi connectivity index (χ3n) is 7.63. The topological polar surface area (TPSA) is 0 Å². The van der Waals surface area contributed by atoms with Crippen molar-refractivity contribution in [3.8, 4) is 11.1 Å². The Morgan fingerprint density at radius 1 is 0.705 bits per heavy atom. The molecule has 228 valence electrons. The van der Waals surface area contributed by atoms with Gasteiger partial charge in [-0.25, -0.2) is 12.2 Å². The molecule has 0 amide bonds. The van der Waals surface area contributed by atoms with E-state index in [1.165, 1.54) is 68.4 Å². The van der Waals surface area contributed by atoms with E-state index in [2.05, 4.69) is 151 Å². The van der Waals surface area contributed by atoms with Crippen molar-refractivity contribution in [1.82, 2.24) is 0 Å². The average molecular weight is 786 g/mol. The van der Waals surface area contributed by atoms with E-state index in [1.54, 1.807) is 3.26 Å². The standard InChI is InChI=1S/C21H25.C15H14.C5H5.2ClH.Hf/c1-20(2,3)16-9-7-14-11-15-8-10-17(21(4,5)6)13-19(15)18(14)12-16;1-3-8-14(9-4-1)12-7-13-15-10-5-2-6-11-15;1-2-4-5-3-1;;;/h7,9-10,12-13H,11H2,1-6H3;1-6,8-11H,12-13H2;1-3H,4H2;2*1H;/q-1;;-1;;;+2/p-2. The molecule has 3 heteroatoms. The van der Waals surface area contributed by atoms with Gasteiger partial charge in [-0.15, -0.1) is 12.0 Å². The van der Waals surface area contributed by atoms with Gasteiger partial charge < -0.3 is 24.8 Å². The number of fused-ring (bicyclic) bond motifs is 3. The number of hydrogen-bond acceptors (Lipinski definition) is 0. The van der Waals surface area contributed by atoms with Gasteiger partial charge in [0, 0.05) is 0 Å². The first kappa shape index (κ1) is 37.9. The predicted octanol–water partition coefficient (Wildman–Crippen LogP) is 4.16. The molecule has 2 aliphatic rings. The van der Waals surface area contributed by atoms with Crippen LogP contribution in [-0.4, -0.2) is 3.26 Å². The van der Waals surface area contributed by atoms with E-state index in [0.717, 1.165) is 25.7 Å². The maximum atomic E-state index is 3.53. The number of benzene rings is 4. The molecule has 6 rings (SSSR count). The molecule has 4 aromatic rings. The Kier molecular flexibility index (Phi) is 15.0. The van der Waals surface area contributed by atoms with Gasteiger partial charge in [-0.1, -0.05) is 76.3 Å². The normalized spacial score (nSPS) is 12.4. The van der Waals surface area contributed by atoms with Gasteiger partial charge in [0.2, 0.25) is 0 Å². The monoisotopic (exact) mass is 786 g/mol. The van der Waals surface area contributed by atoms with Crippen LogP contribution < -0.4 is 24.8 Å². The van der Waals surface area contributed by atoms with Crippen LogP contribution >= 0.6 is 0 Å². The van der Waals surface area contributed by atoms with Crippen molar-refractivity contribution in [1.29, 1.82) is 0 Å². The Bertz CT molecular complexity index is 1420. The molecule has 0 aliphatic heterocycles. The molecule has 0 saturated heterocycles. The molecule has 44 heavy (non-hydrogen) atoms. The van der Waals surface area contributed by atoms with Gasteiger partial charge in [0.25, 0.3) is 0 Å². The summed E-state index contributed by atoms with van der Waals surface area (Å²) in [5, 5.41) is 0. The van der Waals surface area contributed by atoms with Gasteiger partial charge in [0.05, 0.1) is 0 Å². The second-order valence-electron chi connectivity index (χ2n) is 13.3. The quantitative estimate of drug-likeness (QED) is 0.190. The van der Waals surface area contributed by atoms with Crippen molar-refractivity contribution in [3.05, 3.63) is 155 Å². The molecule has 0 saturated carbocycles. The summed E-state index contributed by atoms with van der Waals surface area (Å²) in [4.78, 5) is 0. The van der Waals surface area contributed by atoms with Crippen molar-refractivity contribution >= 4 is 3.26 Å². The third-order valence-corrected chi connectivity index (χ3v) is 8.90. The van der Waals surface area contributed by atoms with Crippen LogP contribution in [-0.2, 0) is 54.0 Å². The van der Waals surface area contributed by atoms with Crippen LogP contribution in [0, 0.1) is 12.1 Å². The molecule has 0 radical (unpaired) electrons. The molecule has 0 unspecified atom stereocenters. The Morgan fingerprint density at radius 3 is 1.70 bits per heavy atom. The van der Waals surface area contributed by atoms with E-state index in [9.17, 15) is 0 Å². The first-order chi connectivity index (χ1) is 20.0. The fraction of sp³-hybridized carbons (Fsp3) is 0.293. The summed E-state index contributed by atoms with van der Waals surface area (Å²) in [5.41, 5.74) is 11.6. The van der Waals surface area contributed by atoms with Crippen molar-refractivity contribution in [2.75, 3.05) is 0 Å². The predicted molar refractivity (Wildman–Crippen MR) is 178 cm³/mol. The Hall–Kier alpha value is -2.32. The minimum absolute atomic E-state index is 0. The van der Waals surface area contributed by atoms with Crippen LogP contribution in [0.3, 0.4) is 0 Å². The van der Waals surface area contributed by atoms with Gasteiger partial charge in [-0.2, -0.15) is 35.4 Å². The van der Waals surface area contributed by atoms with Crippen molar-refractivity contribution < 1.29 is 48.7 Å². The van der Waals surface area contributed by atoms with Crippen molar-refractivity contribution in [3.63, 3.8) is 0 Å². The number of halogens is 2. The van der Waals surface area contributed by atoms with E-state index >= 15 is 0 Å². The second kappa shape index (κ2) is 17.4. The zero-order chi connectivity index (χ0) is 30.2. The van der Waals surface area contributed by atoms with Crippen LogP contribution in [0.25, 0.3) is 11.1 Å². The van der Waals surface area contributed by atoms with Gasteiger partial charge in [-0.3, -0.25) is 6.08 Å². The van der Waals surface area contributed by atoms with Gasteiger partial charge in [-0.05, 0) is 17.4 Å². The summed E-state index contributed by atoms with van der Waals surface area (Å²) in [6.45, 7) is 13.6. The fourth-order valence-electron chi connectivity index (χ4n) is 5.07. The molecule has 0 spiro atoms. The van der Waals surface area contributed by atoms with Crippen LogP contribution in [0.15, 0.2) is 109 Å². The molecule has 2 aliphatic carbocycles. The summed E-state index contributed by atoms with van der Waals surface area (Å²) < 4.78 is 1.65. The van der Waals surface area contributed by atoms with Crippen LogP contribution in [0.5, 0.6) is 0 Å². The summed E-state index contributed by atoms with van der Waals surface area (Å²) in [6, 6.07) is 36.5. The molecule has 0 nitrogen and oxygen atoms in total. The minimum atomic E-state index is 0. The Morgan fingerprint density at radius 2 is 1.25 bits per heavy atom. The van der Waals surface area contributed by atoms with Crippen LogP contribution in [0.1, 0.15) is 81.3 Å². The zero-order valence-corrected chi connectivity index (χ0v) is 32.1. The zero-order valence-electron chi connectivity index (χ0n) is 27.0. The average Bonchev–Trinajstić information content (AvgIpc) is 3.65. The summed E-state index contributed by atoms with van der Waals surface area (Å²) in [6.07, 6.45) is 13.3. The van der Waals surface area contributed by atoms with E-state index < -0.39 is 0 Å². The molecular weight excluding hydrogens is 742 g/mol. The van der Waals surface area contributed by atoms with E-state index in [-0.39, 0.29) is 35.6 Å². The van der Waals surface area contributed by atoms with E-state index in [0.29, 0.717) is 0 Å². The van der Waals surface area contributed by atoms with Crippen LogP contribution in [0.2, 0.25) is 0 Å². The fourth-order valence-corrected chi connectivity index (χ4v) is 6.54. The number of allylic oxidation sites excluding steroid dienone is 4. The van der Waals surface area contributed by atoms with Gasteiger partial charge in [0.15, 0.2) is 0 Å². The van der Waals surface area contributed by atoms with Crippen LogP contribution in [0.4, 0.5) is 0 Å². The molecule has 0 N–H and O–H groups in total. The summed E-state index contributed by atoms with van der Waals surface area (Å²) in [7, 11) is 0. The Labute approximate surface area is 294 Å². The van der Waals surface area contributed by atoms with Gasteiger partial charge >= 0.3 is 112 Å². The first-order valence-electron chi connectivity index (χ1n) is 15.1. The molecular formula is C41H44Cl2Hf-2. The Balaban J connectivity index is 0.000000260. The van der Waals surface area contributed by atoms with Crippen molar-refractivity contribution in [2.24, 2.45) is 0 Å². The molecule has 0 heterocycles. The van der Waals surface area contributed by atoms with Gasteiger partial charge in [0.1, 0.15) is 0 Å². The third kappa shape index (κ3) is 11.2. The molecule has 0 bridgehead atoms. The molecule has 0 atom stereocenters. The van der Waals surface area contributed by atoms with E-state index in [4.69, 9.17) is 0 Å². The van der Waals surface area contributed by atoms with Crippen molar-refractivity contribution in [2.45, 2.75) is 78.1 Å². The summed E-state index contributed by atoms with van der Waals surface area (Å²) >= 11 is 1.18. The second-order valence-corrected chi connectivity index (χ2v) is 15.8. The molecule has 0 aromatic heterocycles. The van der Waals surface area contributed by atoms with E-state index in [1.807, 2.05) is 12.2 Å².